The Morgan fingerprint density at radius 3 is 1.32 bits per heavy atom. The van der Waals surface area contributed by atoms with Crippen LogP contribution in [-0.2, 0) is 6.42 Å². The van der Waals surface area contributed by atoms with Crippen molar-refractivity contribution in [3.8, 4) is 23.0 Å². The number of carbonyl (C=O) groups excluding carboxylic acids is 2. The molecule has 0 bridgehead atoms. The van der Waals surface area contributed by atoms with Crippen molar-refractivity contribution in [3.05, 3.63) is 81.4 Å². The summed E-state index contributed by atoms with van der Waals surface area (Å²) in [4.78, 5) is 26.0. The van der Waals surface area contributed by atoms with E-state index >= 15 is 0 Å². The van der Waals surface area contributed by atoms with Crippen molar-refractivity contribution in [1.29, 1.82) is 0 Å². The fourth-order valence-corrected chi connectivity index (χ4v) is 8.82. The molecule has 3 aromatic carbocycles. The zero-order valence-corrected chi connectivity index (χ0v) is 36.4. The highest BCUT2D eigenvalue weighted by atomic mass is 28.4. The lowest BCUT2D eigenvalue weighted by Crippen LogP contribution is -2.44. The molecule has 6 nitrogen and oxygen atoms in total. The van der Waals surface area contributed by atoms with Gasteiger partial charge in [-0.25, -0.2) is 0 Å². The first-order valence-electron chi connectivity index (χ1n) is 17.8. The molecule has 0 aromatic heterocycles. The van der Waals surface area contributed by atoms with Gasteiger partial charge >= 0.3 is 0 Å². The molecule has 0 amide bonds. The van der Waals surface area contributed by atoms with Gasteiger partial charge in [0.25, 0.3) is 0 Å². The topological polar surface area (TPSA) is 71.1 Å². The van der Waals surface area contributed by atoms with E-state index in [2.05, 4.69) is 108 Å². The van der Waals surface area contributed by atoms with Crippen molar-refractivity contribution in [2.75, 3.05) is 7.11 Å². The third-order valence-corrected chi connectivity index (χ3v) is 25.0. The highest BCUT2D eigenvalue weighted by Gasteiger charge is 2.44. The molecule has 3 aromatic rings. The Morgan fingerprint density at radius 2 is 0.960 bits per heavy atom. The van der Waals surface area contributed by atoms with E-state index in [1.807, 2.05) is 36.4 Å². The predicted molar refractivity (Wildman–Crippen MR) is 214 cm³/mol. The molecule has 1 aliphatic rings. The molecule has 9 heteroatoms. The summed E-state index contributed by atoms with van der Waals surface area (Å²) in [6, 6.07) is 13.6. The fraction of sp³-hybridized carbons (Fsp3) is 0.512. The molecule has 0 spiro atoms. The van der Waals surface area contributed by atoms with Crippen LogP contribution in [0.4, 0.5) is 0 Å². The Kier molecular flexibility index (Phi) is 10.7. The van der Waals surface area contributed by atoms with Crippen LogP contribution in [0.5, 0.6) is 23.0 Å². The van der Waals surface area contributed by atoms with E-state index in [-0.39, 0.29) is 15.1 Å². The van der Waals surface area contributed by atoms with E-state index < -0.39 is 30.9 Å². The maximum Gasteiger partial charge on any atom is 0.250 e. The molecule has 0 radical (unpaired) electrons. The highest BCUT2D eigenvalue weighted by Crippen LogP contribution is 2.53. The average Bonchev–Trinajstić information content (AvgIpc) is 2.98. The van der Waals surface area contributed by atoms with E-state index in [9.17, 15) is 9.59 Å². The minimum atomic E-state index is -2.30. The quantitative estimate of drug-likeness (QED) is 0.119. The Balaban J connectivity index is 2.15. The van der Waals surface area contributed by atoms with E-state index in [4.69, 9.17) is 18.0 Å². The molecule has 4 rings (SSSR count). The van der Waals surface area contributed by atoms with Crippen molar-refractivity contribution < 1.29 is 27.6 Å². The molecule has 0 saturated carbocycles. The Bertz CT molecular complexity index is 1680. The molecule has 50 heavy (non-hydrogen) atoms. The van der Waals surface area contributed by atoms with Crippen molar-refractivity contribution in [2.24, 2.45) is 0 Å². The molecule has 0 unspecified atom stereocenters. The minimum Gasteiger partial charge on any atom is -0.543 e. The third kappa shape index (κ3) is 7.41. The van der Waals surface area contributed by atoms with Crippen LogP contribution in [0.25, 0.3) is 0 Å². The minimum absolute atomic E-state index is 0.0154. The molecule has 272 valence electrons. The van der Waals surface area contributed by atoms with Crippen LogP contribution in [0.2, 0.25) is 54.4 Å². The first-order valence-corrected chi connectivity index (χ1v) is 26.5. The van der Waals surface area contributed by atoms with Crippen molar-refractivity contribution >= 4 is 37.5 Å². The van der Waals surface area contributed by atoms with Gasteiger partial charge in [-0.1, -0.05) is 62.3 Å². The van der Waals surface area contributed by atoms with Gasteiger partial charge in [0.15, 0.2) is 0 Å². The van der Waals surface area contributed by atoms with Gasteiger partial charge < -0.3 is 18.0 Å². The van der Waals surface area contributed by atoms with Gasteiger partial charge in [-0.15, -0.1) is 0 Å². The summed E-state index contributed by atoms with van der Waals surface area (Å²) in [6.07, 6.45) is 2.30. The smallest absolute Gasteiger partial charge is 0.250 e. The molecular formula is C41H60O6Si3. The van der Waals surface area contributed by atoms with E-state index in [1.165, 1.54) is 0 Å². The summed E-state index contributed by atoms with van der Waals surface area (Å²) < 4.78 is 27.1. The van der Waals surface area contributed by atoms with Gasteiger partial charge in [0.05, 0.1) is 7.11 Å². The number of fused-ring (bicyclic) bond motifs is 2. The van der Waals surface area contributed by atoms with E-state index in [1.54, 1.807) is 7.11 Å². The molecular weight excluding hydrogens is 673 g/mol. The average molecular weight is 733 g/mol. The summed E-state index contributed by atoms with van der Waals surface area (Å²) in [6.45, 7) is 33.4. The second kappa shape index (κ2) is 13.4. The normalized spacial score (nSPS) is 14.4. The first kappa shape index (κ1) is 39.6. The summed E-state index contributed by atoms with van der Waals surface area (Å²) >= 11 is 0. The van der Waals surface area contributed by atoms with Crippen molar-refractivity contribution in [1.82, 2.24) is 0 Å². The second-order valence-corrected chi connectivity index (χ2v) is 32.6. The number of methoxy groups -OCH3 is 1. The highest BCUT2D eigenvalue weighted by molar-refractivity contribution is 6.75. The van der Waals surface area contributed by atoms with Crippen LogP contribution in [0.15, 0.2) is 42.5 Å². The Labute approximate surface area is 304 Å². The molecule has 0 saturated heterocycles. The van der Waals surface area contributed by atoms with Crippen LogP contribution in [0.1, 0.15) is 117 Å². The summed E-state index contributed by atoms with van der Waals surface area (Å²) in [5.74, 6) is 2.41. The number of aldehydes is 2. The van der Waals surface area contributed by atoms with Gasteiger partial charge in [0, 0.05) is 40.2 Å². The third-order valence-electron chi connectivity index (χ3n) is 11.9. The zero-order chi connectivity index (χ0) is 37.8. The van der Waals surface area contributed by atoms with Gasteiger partial charge in [0.1, 0.15) is 35.6 Å². The lowest BCUT2D eigenvalue weighted by molar-refractivity contribution is 0.111. The van der Waals surface area contributed by atoms with Crippen LogP contribution < -0.4 is 18.0 Å². The van der Waals surface area contributed by atoms with Crippen molar-refractivity contribution in [2.45, 2.75) is 129 Å². The molecule has 0 atom stereocenters. The summed E-state index contributed by atoms with van der Waals surface area (Å²) in [7, 11) is -5.16. The van der Waals surface area contributed by atoms with Gasteiger partial charge in [-0.2, -0.15) is 0 Å². The monoisotopic (exact) mass is 732 g/mol. The fourth-order valence-electron chi connectivity index (χ4n) is 5.71. The van der Waals surface area contributed by atoms with Crippen LogP contribution in [0, 0.1) is 0 Å². The molecule has 0 N–H and O–H groups in total. The van der Waals surface area contributed by atoms with Crippen LogP contribution in [-0.4, -0.2) is 44.6 Å². The number of hydrogen-bond acceptors (Lipinski definition) is 6. The first-order chi connectivity index (χ1) is 22.8. The largest absolute Gasteiger partial charge is 0.543 e. The van der Waals surface area contributed by atoms with Gasteiger partial charge in [-0.05, 0) is 108 Å². The molecule has 0 heterocycles. The number of rotatable bonds is 10. The molecule has 0 fully saturated rings. The number of carbonyl (C=O) groups is 2. The lowest BCUT2D eigenvalue weighted by Gasteiger charge is -2.41. The maximum absolute atomic E-state index is 13.0. The van der Waals surface area contributed by atoms with Gasteiger partial charge in [-0.3, -0.25) is 9.59 Å². The predicted octanol–water partition coefficient (Wildman–Crippen LogP) is 11.6. The molecule has 0 aliphatic heterocycles. The second-order valence-electron chi connectivity index (χ2n) is 18.4. The maximum atomic E-state index is 13.0. The standard InChI is InChI=1S/C41H60O6Si3/c1-39(2,3)48(11,12)45-29-19-22-33(44-10)30(23-29)38-36-27(25-42)17-20-34(46-49(13,14)40(4,5)6)31(36)24-32-35(21-18-28(26-43)37(32)38)47-50(15,16)41(7,8)9/h17-23,25-26,38H,24H2,1-16H3. The summed E-state index contributed by atoms with van der Waals surface area (Å²) in [5.41, 5.74) is 5.49. The van der Waals surface area contributed by atoms with E-state index in [0.717, 1.165) is 57.6 Å². The van der Waals surface area contributed by atoms with Crippen LogP contribution in [0.3, 0.4) is 0 Å². The number of hydrogen-bond donors (Lipinski definition) is 0. The Morgan fingerprint density at radius 1 is 0.580 bits per heavy atom. The van der Waals surface area contributed by atoms with Gasteiger partial charge in [0.2, 0.25) is 25.0 Å². The summed E-state index contributed by atoms with van der Waals surface area (Å²) in [5, 5.41) is -0.108. The van der Waals surface area contributed by atoms with Crippen LogP contribution >= 0.6 is 0 Å². The van der Waals surface area contributed by atoms with Crippen molar-refractivity contribution in [3.63, 3.8) is 0 Å². The zero-order valence-electron chi connectivity index (χ0n) is 33.4. The SMILES string of the molecule is COc1ccc(O[Si](C)(C)C(C)(C)C)cc1C1c2c(C=O)ccc(O[Si](C)(C)C(C)(C)C)c2Cc2c(O[Si](C)(C)C(C)(C)C)ccc(C=O)c21. The number of benzene rings is 3. The lowest BCUT2D eigenvalue weighted by atomic mass is 9.71. The molecule has 1 aliphatic carbocycles. The number of ether oxygens (including phenoxy) is 1. The Hall–Kier alpha value is -3.15. The van der Waals surface area contributed by atoms with E-state index in [0.29, 0.717) is 23.3 Å².